The van der Waals surface area contributed by atoms with Gasteiger partial charge >= 0.3 is 0 Å². The van der Waals surface area contributed by atoms with Gasteiger partial charge in [0.05, 0.1) is 5.60 Å². The topological polar surface area (TPSA) is 36.9 Å². The van der Waals surface area contributed by atoms with Gasteiger partial charge in [0.15, 0.2) is 11.7 Å². The molecule has 0 saturated carbocycles. The van der Waals surface area contributed by atoms with Crippen molar-refractivity contribution in [3.63, 3.8) is 0 Å². The van der Waals surface area contributed by atoms with E-state index in [9.17, 15) is 0 Å². The molecule has 0 bridgehead atoms. The first kappa shape index (κ1) is 19.2. The Balaban J connectivity index is 4.76. The summed E-state index contributed by atoms with van der Waals surface area (Å²) < 4.78 is 0. The van der Waals surface area contributed by atoms with Crippen LogP contribution in [0.2, 0.25) is 0 Å². The highest BCUT2D eigenvalue weighted by Gasteiger charge is 2.33. The Labute approximate surface area is 124 Å². The molecule has 4 heteroatoms. The number of rotatable bonds is 5. The summed E-state index contributed by atoms with van der Waals surface area (Å²) in [7, 11) is 0. The van der Waals surface area contributed by atoms with Crippen LogP contribution in [0.3, 0.4) is 0 Å². The molecule has 0 aromatic heterocycles. The van der Waals surface area contributed by atoms with Crippen molar-refractivity contribution in [2.75, 3.05) is 0 Å². The van der Waals surface area contributed by atoms with Crippen LogP contribution < -0.4 is 0 Å². The third-order valence-electron chi connectivity index (χ3n) is 2.65. The molecule has 0 fully saturated rings. The van der Waals surface area contributed by atoms with Gasteiger partial charge in [-0.2, -0.15) is 4.89 Å². The largest absolute Gasteiger partial charge is 0.282 e. The second kappa shape index (κ2) is 7.31. The Bertz CT molecular complexity index is 340. The lowest BCUT2D eigenvalue weighted by molar-refractivity contribution is -0.395. The molecule has 2 unspecified atom stereocenters. The molecule has 20 heavy (non-hydrogen) atoms. The standard InChI is InChI=1S/C16H30O4/c1-10-13(2)16(9,20-19-15(6,7)8)11-12-17-18-14(3,4)5/h13H,10H2,1-9H3. The number of hydrogen-bond donors (Lipinski definition) is 0. The fraction of sp³-hybridized carbons (Fsp3) is 0.875. The van der Waals surface area contributed by atoms with E-state index in [1.807, 2.05) is 48.5 Å². The van der Waals surface area contributed by atoms with Gasteiger partial charge in [0.2, 0.25) is 0 Å². The van der Waals surface area contributed by atoms with Crippen molar-refractivity contribution in [2.45, 2.75) is 85.5 Å². The maximum Gasteiger partial charge on any atom is 0.167 e. The minimum absolute atomic E-state index is 0.190. The Morgan fingerprint density at radius 3 is 1.75 bits per heavy atom. The van der Waals surface area contributed by atoms with Gasteiger partial charge < -0.3 is 0 Å². The average molecular weight is 286 g/mol. The van der Waals surface area contributed by atoms with Crippen molar-refractivity contribution >= 4 is 0 Å². The first-order valence-electron chi connectivity index (χ1n) is 7.13. The molecule has 0 heterocycles. The first-order chi connectivity index (χ1) is 8.90. The van der Waals surface area contributed by atoms with Crippen molar-refractivity contribution < 1.29 is 19.6 Å². The SMILES string of the molecule is CCC(C)C(C)(C#COOC(C)(C)C)OOC(C)(C)C. The molecule has 0 radical (unpaired) electrons. The van der Waals surface area contributed by atoms with Crippen LogP contribution >= 0.6 is 0 Å². The minimum atomic E-state index is -0.747. The van der Waals surface area contributed by atoms with Crippen molar-refractivity contribution in [1.29, 1.82) is 0 Å². The van der Waals surface area contributed by atoms with E-state index in [0.717, 1.165) is 6.42 Å². The molecule has 0 aromatic carbocycles. The maximum absolute atomic E-state index is 5.57. The van der Waals surface area contributed by atoms with Gasteiger partial charge in [-0.3, -0.25) is 4.89 Å². The lowest BCUT2D eigenvalue weighted by Gasteiger charge is -2.31. The lowest BCUT2D eigenvalue weighted by Crippen LogP contribution is -2.37. The van der Waals surface area contributed by atoms with Crippen LogP contribution in [0.4, 0.5) is 0 Å². The van der Waals surface area contributed by atoms with E-state index < -0.39 is 11.2 Å². The summed E-state index contributed by atoms with van der Waals surface area (Å²) in [6.45, 7) is 17.5. The summed E-state index contributed by atoms with van der Waals surface area (Å²) in [6.07, 6.45) is 3.47. The summed E-state index contributed by atoms with van der Waals surface area (Å²) >= 11 is 0. The third kappa shape index (κ3) is 8.42. The highest BCUT2D eigenvalue weighted by molar-refractivity contribution is 5.10. The average Bonchev–Trinajstić information content (AvgIpc) is 2.29. The number of hydrogen-bond acceptors (Lipinski definition) is 4. The molecule has 0 aromatic rings. The van der Waals surface area contributed by atoms with Crippen LogP contribution in [0.1, 0.15) is 68.7 Å². The van der Waals surface area contributed by atoms with Crippen molar-refractivity contribution in [2.24, 2.45) is 5.92 Å². The molecule has 0 amide bonds. The predicted molar refractivity (Wildman–Crippen MR) is 79.5 cm³/mol. The van der Waals surface area contributed by atoms with E-state index in [2.05, 4.69) is 25.9 Å². The van der Waals surface area contributed by atoms with E-state index in [0.29, 0.717) is 0 Å². The molecule has 0 spiro atoms. The van der Waals surface area contributed by atoms with Crippen LogP contribution in [0.15, 0.2) is 0 Å². The zero-order chi connectivity index (χ0) is 16.0. The molecule has 0 rings (SSSR count). The van der Waals surface area contributed by atoms with E-state index in [-0.39, 0.29) is 11.5 Å². The second-order valence-corrected chi connectivity index (χ2v) is 7.20. The highest BCUT2D eigenvalue weighted by atomic mass is 17.2. The lowest BCUT2D eigenvalue weighted by atomic mass is 9.89. The van der Waals surface area contributed by atoms with Crippen LogP contribution in [-0.2, 0) is 19.6 Å². The molecular formula is C16H30O4. The van der Waals surface area contributed by atoms with Gasteiger partial charge in [0.25, 0.3) is 0 Å². The normalized spacial score (nSPS) is 16.9. The van der Waals surface area contributed by atoms with Gasteiger partial charge in [-0.05, 0) is 66.7 Å². The summed E-state index contributed by atoms with van der Waals surface area (Å²) in [5.41, 5.74) is -1.54. The summed E-state index contributed by atoms with van der Waals surface area (Å²) in [5, 5.41) is 0. The Morgan fingerprint density at radius 1 is 0.850 bits per heavy atom. The summed E-state index contributed by atoms with van der Waals surface area (Å²) in [4.78, 5) is 21.0. The van der Waals surface area contributed by atoms with Crippen LogP contribution in [-0.4, -0.2) is 16.8 Å². The van der Waals surface area contributed by atoms with Crippen molar-refractivity contribution in [3.8, 4) is 12.0 Å². The minimum Gasteiger partial charge on any atom is -0.282 e. The zero-order valence-corrected chi connectivity index (χ0v) is 14.4. The van der Waals surface area contributed by atoms with Crippen LogP contribution in [0, 0.1) is 17.9 Å². The Kier molecular flexibility index (Phi) is 7.03. The fourth-order valence-electron chi connectivity index (χ4n) is 1.10. The second-order valence-electron chi connectivity index (χ2n) is 7.20. The Hall–Kier alpha value is -0.760. The monoisotopic (exact) mass is 286 g/mol. The smallest absolute Gasteiger partial charge is 0.167 e. The first-order valence-corrected chi connectivity index (χ1v) is 7.13. The molecule has 0 aliphatic carbocycles. The predicted octanol–water partition coefficient (Wildman–Crippen LogP) is 4.25. The van der Waals surface area contributed by atoms with Gasteiger partial charge in [-0.25, -0.2) is 9.78 Å². The van der Waals surface area contributed by atoms with Gasteiger partial charge in [0.1, 0.15) is 5.60 Å². The molecule has 0 aliphatic rings. The molecule has 4 nitrogen and oxygen atoms in total. The third-order valence-corrected chi connectivity index (χ3v) is 2.65. The molecule has 0 N–H and O–H groups in total. The molecular weight excluding hydrogens is 256 g/mol. The highest BCUT2D eigenvalue weighted by Crippen LogP contribution is 2.26. The molecule has 0 aliphatic heterocycles. The van der Waals surface area contributed by atoms with E-state index in [1.165, 1.54) is 0 Å². The van der Waals surface area contributed by atoms with E-state index in [4.69, 9.17) is 19.6 Å². The summed E-state index contributed by atoms with van der Waals surface area (Å²) in [5.74, 6) is 3.14. The van der Waals surface area contributed by atoms with E-state index >= 15 is 0 Å². The van der Waals surface area contributed by atoms with Gasteiger partial charge in [0, 0.05) is 0 Å². The van der Waals surface area contributed by atoms with Gasteiger partial charge in [-0.15, -0.1) is 0 Å². The van der Waals surface area contributed by atoms with Crippen molar-refractivity contribution in [1.82, 2.24) is 0 Å². The van der Waals surface area contributed by atoms with Crippen molar-refractivity contribution in [3.05, 3.63) is 0 Å². The Morgan fingerprint density at radius 2 is 1.35 bits per heavy atom. The quantitative estimate of drug-likeness (QED) is 0.430. The van der Waals surface area contributed by atoms with Gasteiger partial charge in [-0.1, -0.05) is 13.8 Å². The molecule has 2 atom stereocenters. The zero-order valence-electron chi connectivity index (χ0n) is 14.4. The van der Waals surface area contributed by atoms with Crippen LogP contribution in [0.25, 0.3) is 0 Å². The van der Waals surface area contributed by atoms with Crippen LogP contribution in [0.5, 0.6) is 0 Å². The fourth-order valence-corrected chi connectivity index (χ4v) is 1.10. The van der Waals surface area contributed by atoms with E-state index in [1.54, 1.807) is 0 Å². The molecule has 0 saturated heterocycles. The molecule has 118 valence electrons. The maximum atomic E-state index is 5.57. The summed E-state index contributed by atoms with van der Waals surface area (Å²) in [6, 6.07) is 0.